The van der Waals surface area contributed by atoms with Crippen molar-refractivity contribution < 1.29 is 13.2 Å². The van der Waals surface area contributed by atoms with Crippen molar-refractivity contribution in [2.24, 2.45) is 0 Å². The summed E-state index contributed by atoms with van der Waals surface area (Å²) in [7, 11) is -3.05. The van der Waals surface area contributed by atoms with Gasteiger partial charge in [0.05, 0.1) is 11.5 Å². The van der Waals surface area contributed by atoms with Crippen LogP contribution >= 0.6 is 0 Å². The van der Waals surface area contributed by atoms with E-state index >= 15 is 0 Å². The Morgan fingerprint density at radius 2 is 2.00 bits per heavy atom. The van der Waals surface area contributed by atoms with Crippen LogP contribution in [0.25, 0.3) is 0 Å². The number of nitrogens with zero attached hydrogens (tertiary/aromatic N) is 3. The van der Waals surface area contributed by atoms with Gasteiger partial charge in [0, 0.05) is 24.8 Å². The fourth-order valence-electron chi connectivity index (χ4n) is 3.05. The fourth-order valence-corrected chi connectivity index (χ4v) is 4.72. The Bertz CT molecular complexity index is 900. The van der Waals surface area contributed by atoms with E-state index in [-0.39, 0.29) is 35.2 Å². The Labute approximate surface area is 159 Å². The van der Waals surface area contributed by atoms with E-state index in [9.17, 15) is 13.2 Å². The van der Waals surface area contributed by atoms with Gasteiger partial charge in [0.15, 0.2) is 9.84 Å². The molecule has 1 aliphatic heterocycles. The van der Waals surface area contributed by atoms with Gasteiger partial charge >= 0.3 is 0 Å². The maximum Gasteiger partial charge on any atom is 0.270 e. The lowest BCUT2D eigenvalue weighted by Gasteiger charge is -2.27. The molecule has 0 spiro atoms. The molecule has 1 aliphatic rings. The molecule has 1 unspecified atom stereocenters. The maximum absolute atomic E-state index is 12.5. The van der Waals surface area contributed by atoms with Gasteiger partial charge in [0.1, 0.15) is 5.69 Å². The standard InChI is InChI=1S/C19H24N4O3S/c1-14(2)23(12-15-6-4-3-5-7-15)19-20-10-8-17(22-19)18(24)21-16-9-11-27(25,26)13-16/h3-8,10,14,16H,9,11-13H2,1-2H3,(H,21,24). The average molecular weight is 388 g/mol. The van der Waals surface area contributed by atoms with Gasteiger partial charge in [0.25, 0.3) is 5.91 Å². The number of aromatic nitrogens is 2. The predicted molar refractivity (Wildman–Crippen MR) is 104 cm³/mol. The van der Waals surface area contributed by atoms with Gasteiger partial charge < -0.3 is 10.2 Å². The second-order valence-electron chi connectivity index (χ2n) is 7.02. The number of carbonyl (C=O) groups is 1. The zero-order chi connectivity index (χ0) is 19.4. The molecule has 2 aromatic rings. The van der Waals surface area contributed by atoms with Crippen LogP contribution in [-0.4, -0.2) is 47.9 Å². The molecule has 1 aromatic heterocycles. The number of rotatable bonds is 6. The van der Waals surface area contributed by atoms with Gasteiger partial charge in [0.2, 0.25) is 5.95 Å². The Morgan fingerprint density at radius 1 is 1.26 bits per heavy atom. The molecule has 1 saturated heterocycles. The molecule has 7 nitrogen and oxygen atoms in total. The molecule has 1 N–H and O–H groups in total. The molecule has 1 fully saturated rings. The third-order valence-electron chi connectivity index (χ3n) is 4.52. The van der Waals surface area contributed by atoms with Gasteiger partial charge in [-0.1, -0.05) is 30.3 Å². The summed E-state index contributed by atoms with van der Waals surface area (Å²) in [5.41, 5.74) is 1.36. The van der Waals surface area contributed by atoms with Crippen molar-refractivity contribution in [3.8, 4) is 0 Å². The van der Waals surface area contributed by atoms with E-state index in [1.165, 1.54) is 0 Å². The number of hydrogen-bond acceptors (Lipinski definition) is 6. The largest absolute Gasteiger partial charge is 0.347 e. The summed E-state index contributed by atoms with van der Waals surface area (Å²) in [4.78, 5) is 23.3. The number of hydrogen-bond donors (Lipinski definition) is 1. The van der Waals surface area contributed by atoms with Crippen LogP contribution in [0.1, 0.15) is 36.3 Å². The minimum atomic E-state index is -3.05. The van der Waals surface area contributed by atoms with E-state index in [1.807, 2.05) is 49.1 Å². The first-order valence-corrected chi connectivity index (χ1v) is 10.8. The van der Waals surface area contributed by atoms with Crippen molar-refractivity contribution in [3.05, 3.63) is 53.9 Å². The summed E-state index contributed by atoms with van der Waals surface area (Å²) < 4.78 is 23.1. The second-order valence-corrected chi connectivity index (χ2v) is 9.25. The first kappa shape index (κ1) is 19.3. The normalized spacial score (nSPS) is 18.4. The van der Waals surface area contributed by atoms with Crippen LogP contribution in [-0.2, 0) is 16.4 Å². The number of nitrogens with one attached hydrogen (secondary N) is 1. The highest BCUT2D eigenvalue weighted by Gasteiger charge is 2.29. The van der Waals surface area contributed by atoms with Crippen LogP contribution < -0.4 is 10.2 Å². The highest BCUT2D eigenvalue weighted by Crippen LogP contribution is 2.17. The molecule has 1 aromatic carbocycles. The summed E-state index contributed by atoms with van der Waals surface area (Å²) in [5.74, 6) is 0.207. The molecular weight excluding hydrogens is 364 g/mol. The van der Waals surface area contributed by atoms with Crippen LogP contribution in [0.5, 0.6) is 0 Å². The van der Waals surface area contributed by atoms with Crippen LogP contribution in [0.15, 0.2) is 42.6 Å². The molecule has 1 atom stereocenters. The lowest BCUT2D eigenvalue weighted by molar-refractivity contribution is 0.0936. The maximum atomic E-state index is 12.5. The molecule has 0 radical (unpaired) electrons. The molecule has 0 aliphatic carbocycles. The van der Waals surface area contributed by atoms with E-state index in [2.05, 4.69) is 15.3 Å². The molecular formula is C19H24N4O3S. The van der Waals surface area contributed by atoms with Crippen LogP contribution in [0.2, 0.25) is 0 Å². The van der Waals surface area contributed by atoms with Crippen LogP contribution in [0.3, 0.4) is 0 Å². The third-order valence-corrected chi connectivity index (χ3v) is 6.29. The van der Waals surface area contributed by atoms with Crippen molar-refractivity contribution in [2.75, 3.05) is 16.4 Å². The first-order valence-electron chi connectivity index (χ1n) is 8.99. The Morgan fingerprint density at radius 3 is 2.63 bits per heavy atom. The lowest BCUT2D eigenvalue weighted by Crippen LogP contribution is -2.37. The third kappa shape index (κ3) is 5.03. The number of carbonyl (C=O) groups excluding carboxylic acids is 1. The van der Waals surface area contributed by atoms with Crippen LogP contribution in [0, 0.1) is 0 Å². The van der Waals surface area contributed by atoms with Crippen LogP contribution in [0.4, 0.5) is 5.95 Å². The number of benzene rings is 1. The van der Waals surface area contributed by atoms with Gasteiger partial charge in [-0.15, -0.1) is 0 Å². The van der Waals surface area contributed by atoms with E-state index in [4.69, 9.17) is 0 Å². The van der Waals surface area contributed by atoms with Gasteiger partial charge in [-0.3, -0.25) is 4.79 Å². The molecule has 2 heterocycles. The minimum Gasteiger partial charge on any atom is -0.347 e. The molecule has 8 heteroatoms. The van der Waals surface area contributed by atoms with Crippen molar-refractivity contribution in [1.29, 1.82) is 0 Å². The monoisotopic (exact) mass is 388 g/mol. The summed E-state index contributed by atoms with van der Waals surface area (Å²) in [5, 5.41) is 2.77. The first-order chi connectivity index (χ1) is 12.8. The average Bonchev–Trinajstić information content (AvgIpc) is 2.98. The second kappa shape index (κ2) is 8.04. The predicted octanol–water partition coefficient (Wildman–Crippen LogP) is 1.81. The van der Waals surface area contributed by atoms with Crippen molar-refractivity contribution >= 4 is 21.7 Å². The van der Waals surface area contributed by atoms with E-state index in [0.29, 0.717) is 18.9 Å². The topological polar surface area (TPSA) is 92.3 Å². The summed E-state index contributed by atoms with van der Waals surface area (Å²) >= 11 is 0. The summed E-state index contributed by atoms with van der Waals surface area (Å²) in [6, 6.07) is 11.3. The van der Waals surface area contributed by atoms with Crippen molar-refractivity contribution in [2.45, 2.75) is 38.9 Å². The summed E-state index contributed by atoms with van der Waals surface area (Å²) in [6.07, 6.45) is 2.00. The van der Waals surface area contributed by atoms with Gasteiger partial charge in [-0.2, -0.15) is 0 Å². The number of amides is 1. The molecule has 1 amide bonds. The highest BCUT2D eigenvalue weighted by molar-refractivity contribution is 7.91. The summed E-state index contributed by atoms with van der Waals surface area (Å²) in [6.45, 7) is 4.72. The molecule has 0 saturated carbocycles. The van der Waals surface area contributed by atoms with Crippen molar-refractivity contribution in [3.63, 3.8) is 0 Å². The minimum absolute atomic E-state index is 0.0111. The van der Waals surface area contributed by atoms with E-state index < -0.39 is 9.84 Å². The van der Waals surface area contributed by atoms with Crippen molar-refractivity contribution in [1.82, 2.24) is 15.3 Å². The zero-order valence-electron chi connectivity index (χ0n) is 15.5. The Kier molecular flexibility index (Phi) is 5.74. The smallest absolute Gasteiger partial charge is 0.270 e. The molecule has 3 rings (SSSR count). The van der Waals surface area contributed by atoms with Gasteiger partial charge in [-0.25, -0.2) is 18.4 Å². The quantitative estimate of drug-likeness (QED) is 0.811. The Hall–Kier alpha value is -2.48. The number of anilines is 1. The van der Waals surface area contributed by atoms with E-state index in [1.54, 1.807) is 12.3 Å². The van der Waals surface area contributed by atoms with Gasteiger partial charge in [-0.05, 0) is 31.9 Å². The molecule has 0 bridgehead atoms. The molecule has 144 valence electrons. The number of sulfone groups is 1. The SMILES string of the molecule is CC(C)N(Cc1ccccc1)c1nccc(C(=O)NC2CCS(=O)(=O)C2)n1. The molecule has 27 heavy (non-hydrogen) atoms. The van der Waals surface area contributed by atoms with E-state index in [0.717, 1.165) is 5.56 Å². The Balaban J connectivity index is 1.75. The highest BCUT2D eigenvalue weighted by atomic mass is 32.2. The fraction of sp³-hybridized carbons (Fsp3) is 0.421. The lowest BCUT2D eigenvalue weighted by atomic mass is 10.2. The zero-order valence-corrected chi connectivity index (χ0v) is 16.3.